The maximum atomic E-state index is 12.2. The quantitative estimate of drug-likeness (QED) is 0.587. The lowest BCUT2D eigenvalue weighted by Gasteiger charge is -2.13. The van der Waals surface area contributed by atoms with E-state index in [1.807, 2.05) is 54.6 Å². The summed E-state index contributed by atoms with van der Waals surface area (Å²) in [6.07, 6.45) is 0.379. The van der Waals surface area contributed by atoms with Crippen LogP contribution in [0.2, 0.25) is 0 Å². The zero-order chi connectivity index (χ0) is 18.9. The third-order valence-electron chi connectivity index (χ3n) is 3.85. The van der Waals surface area contributed by atoms with Crippen molar-refractivity contribution in [3.63, 3.8) is 0 Å². The molecule has 0 unspecified atom stereocenters. The minimum Gasteiger partial charge on any atom is -0.325 e. The topological polar surface area (TPSA) is 70.6 Å². The standard InChI is InChI=1S/C21H25N3O2/c1-15(2)18-11-7-8-12-19(18)22-20(25)13-16(3)23-24-21(26)14-17-9-5-4-6-10-17/h4-12,15H,13-14H2,1-3H3,(H,22,25)(H,24,26)/b23-16+. The van der Waals surface area contributed by atoms with Gasteiger partial charge in [0.05, 0.1) is 12.8 Å². The highest BCUT2D eigenvalue weighted by Crippen LogP contribution is 2.23. The number of amides is 2. The highest BCUT2D eigenvalue weighted by atomic mass is 16.2. The van der Waals surface area contributed by atoms with Gasteiger partial charge in [0.25, 0.3) is 0 Å². The van der Waals surface area contributed by atoms with E-state index < -0.39 is 0 Å². The molecule has 136 valence electrons. The summed E-state index contributed by atoms with van der Waals surface area (Å²) in [7, 11) is 0. The number of hydrazone groups is 1. The number of carbonyl (C=O) groups is 2. The minimum atomic E-state index is -0.207. The highest BCUT2D eigenvalue weighted by Gasteiger charge is 2.10. The average Bonchev–Trinajstić information content (AvgIpc) is 2.61. The number of nitrogens with zero attached hydrogens (tertiary/aromatic N) is 1. The lowest BCUT2D eigenvalue weighted by molar-refractivity contribution is -0.120. The van der Waals surface area contributed by atoms with E-state index >= 15 is 0 Å². The molecule has 2 aromatic carbocycles. The number of benzene rings is 2. The lowest BCUT2D eigenvalue weighted by atomic mass is 10.0. The van der Waals surface area contributed by atoms with Crippen molar-refractivity contribution in [3.05, 3.63) is 65.7 Å². The Morgan fingerprint density at radius 1 is 0.962 bits per heavy atom. The van der Waals surface area contributed by atoms with Gasteiger partial charge in [-0.2, -0.15) is 5.10 Å². The van der Waals surface area contributed by atoms with Gasteiger partial charge in [-0.05, 0) is 30.0 Å². The van der Waals surface area contributed by atoms with E-state index in [1.165, 1.54) is 0 Å². The van der Waals surface area contributed by atoms with Crippen molar-refractivity contribution in [2.45, 2.75) is 39.5 Å². The Morgan fingerprint density at radius 3 is 2.31 bits per heavy atom. The normalized spacial score (nSPS) is 11.3. The molecule has 0 radical (unpaired) electrons. The second-order valence-corrected chi connectivity index (χ2v) is 6.51. The zero-order valence-corrected chi connectivity index (χ0v) is 15.5. The summed E-state index contributed by atoms with van der Waals surface area (Å²) >= 11 is 0. The fourth-order valence-electron chi connectivity index (χ4n) is 2.56. The van der Waals surface area contributed by atoms with Crippen LogP contribution in [0.3, 0.4) is 0 Å². The number of nitrogens with one attached hydrogen (secondary N) is 2. The maximum absolute atomic E-state index is 12.2. The first-order valence-electron chi connectivity index (χ1n) is 8.70. The van der Waals surface area contributed by atoms with E-state index in [2.05, 4.69) is 29.7 Å². The summed E-state index contributed by atoms with van der Waals surface area (Å²) < 4.78 is 0. The van der Waals surface area contributed by atoms with E-state index in [9.17, 15) is 9.59 Å². The molecule has 0 atom stereocenters. The Morgan fingerprint density at radius 2 is 1.62 bits per heavy atom. The van der Waals surface area contributed by atoms with Gasteiger partial charge in [-0.3, -0.25) is 9.59 Å². The van der Waals surface area contributed by atoms with Gasteiger partial charge >= 0.3 is 0 Å². The summed E-state index contributed by atoms with van der Waals surface area (Å²) in [6.45, 7) is 5.89. The van der Waals surface area contributed by atoms with Crippen LogP contribution in [-0.2, 0) is 16.0 Å². The van der Waals surface area contributed by atoms with Crippen LogP contribution in [0.5, 0.6) is 0 Å². The molecule has 2 N–H and O–H groups in total. The van der Waals surface area contributed by atoms with Crippen LogP contribution in [0.25, 0.3) is 0 Å². The highest BCUT2D eigenvalue weighted by molar-refractivity contribution is 6.06. The molecule has 0 bridgehead atoms. The Hall–Kier alpha value is -2.95. The van der Waals surface area contributed by atoms with Crippen molar-refractivity contribution in [1.29, 1.82) is 0 Å². The summed E-state index contributed by atoms with van der Waals surface area (Å²) in [5.74, 6) is -0.0451. The molecule has 0 heterocycles. The second kappa shape index (κ2) is 9.51. The Bertz CT molecular complexity index is 783. The maximum Gasteiger partial charge on any atom is 0.244 e. The fraction of sp³-hybridized carbons (Fsp3) is 0.286. The van der Waals surface area contributed by atoms with Crippen molar-refractivity contribution in [2.24, 2.45) is 5.10 Å². The van der Waals surface area contributed by atoms with Crippen molar-refractivity contribution in [1.82, 2.24) is 5.43 Å². The Labute approximate surface area is 154 Å². The molecule has 2 amide bonds. The summed E-state index contributed by atoms with van der Waals surface area (Å²) in [5, 5.41) is 6.93. The molecule has 0 aromatic heterocycles. The van der Waals surface area contributed by atoms with E-state index in [0.29, 0.717) is 11.6 Å². The summed E-state index contributed by atoms with van der Waals surface area (Å²) in [6, 6.07) is 17.2. The number of para-hydroxylation sites is 1. The predicted molar refractivity (Wildman–Crippen MR) is 105 cm³/mol. The Kier molecular flexibility index (Phi) is 7.09. The first kappa shape index (κ1) is 19.4. The summed E-state index contributed by atoms with van der Waals surface area (Å²) in [4.78, 5) is 24.1. The molecule has 0 aliphatic heterocycles. The van der Waals surface area contributed by atoms with Crippen LogP contribution in [0.4, 0.5) is 5.69 Å². The monoisotopic (exact) mass is 351 g/mol. The van der Waals surface area contributed by atoms with Gasteiger partial charge in [0.15, 0.2) is 0 Å². The third-order valence-corrected chi connectivity index (χ3v) is 3.85. The molecular formula is C21H25N3O2. The van der Waals surface area contributed by atoms with E-state index in [0.717, 1.165) is 16.8 Å². The third kappa shape index (κ3) is 6.16. The van der Waals surface area contributed by atoms with Crippen molar-refractivity contribution in [2.75, 3.05) is 5.32 Å². The van der Waals surface area contributed by atoms with Crippen LogP contribution >= 0.6 is 0 Å². The van der Waals surface area contributed by atoms with Gasteiger partial charge < -0.3 is 5.32 Å². The van der Waals surface area contributed by atoms with Gasteiger partial charge in [-0.25, -0.2) is 5.43 Å². The molecule has 26 heavy (non-hydrogen) atoms. The van der Waals surface area contributed by atoms with Gasteiger partial charge in [-0.1, -0.05) is 62.4 Å². The van der Waals surface area contributed by atoms with Crippen LogP contribution < -0.4 is 10.7 Å². The van der Waals surface area contributed by atoms with E-state index in [4.69, 9.17) is 0 Å². The summed E-state index contributed by atoms with van der Waals surface area (Å²) in [5.41, 5.74) is 5.87. The van der Waals surface area contributed by atoms with E-state index in [1.54, 1.807) is 6.92 Å². The number of hydrogen-bond acceptors (Lipinski definition) is 3. The predicted octanol–water partition coefficient (Wildman–Crippen LogP) is 3.87. The molecule has 0 spiro atoms. The van der Waals surface area contributed by atoms with Gasteiger partial charge in [0, 0.05) is 11.4 Å². The minimum absolute atomic E-state index is 0.123. The van der Waals surface area contributed by atoms with Crippen molar-refractivity contribution >= 4 is 23.2 Å². The van der Waals surface area contributed by atoms with Crippen LogP contribution in [-0.4, -0.2) is 17.5 Å². The molecule has 0 saturated carbocycles. The molecular weight excluding hydrogens is 326 g/mol. The first-order valence-corrected chi connectivity index (χ1v) is 8.70. The van der Waals surface area contributed by atoms with Crippen LogP contribution in [0.15, 0.2) is 59.7 Å². The van der Waals surface area contributed by atoms with Crippen molar-refractivity contribution < 1.29 is 9.59 Å². The molecule has 0 saturated heterocycles. The van der Waals surface area contributed by atoms with E-state index in [-0.39, 0.29) is 24.7 Å². The van der Waals surface area contributed by atoms with Crippen molar-refractivity contribution in [3.8, 4) is 0 Å². The molecule has 2 aromatic rings. The van der Waals surface area contributed by atoms with Crippen LogP contribution in [0.1, 0.15) is 44.2 Å². The second-order valence-electron chi connectivity index (χ2n) is 6.51. The molecule has 0 aliphatic rings. The smallest absolute Gasteiger partial charge is 0.244 e. The van der Waals surface area contributed by atoms with Gasteiger partial charge in [-0.15, -0.1) is 0 Å². The number of hydrogen-bond donors (Lipinski definition) is 2. The molecule has 5 nitrogen and oxygen atoms in total. The van der Waals surface area contributed by atoms with Gasteiger partial charge in [0.2, 0.25) is 11.8 Å². The first-order chi connectivity index (χ1) is 12.5. The lowest BCUT2D eigenvalue weighted by Crippen LogP contribution is -2.23. The average molecular weight is 351 g/mol. The fourth-order valence-corrected chi connectivity index (χ4v) is 2.56. The number of anilines is 1. The number of carbonyl (C=O) groups excluding carboxylic acids is 2. The molecule has 0 aliphatic carbocycles. The largest absolute Gasteiger partial charge is 0.325 e. The van der Waals surface area contributed by atoms with Crippen LogP contribution in [0, 0.1) is 0 Å². The number of rotatable bonds is 7. The molecule has 2 rings (SSSR count). The Balaban J connectivity index is 1.86. The van der Waals surface area contributed by atoms with Gasteiger partial charge in [0.1, 0.15) is 0 Å². The molecule has 0 fully saturated rings. The SMILES string of the molecule is C/C(CC(=O)Nc1ccccc1C(C)C)=N\NC(=O)Cc1ccccc1. The zero-order valence-electron chi connectivity index (χ0n) is 15.5. The molecule has 5 heteroatoms.